The van der Waals surface area contributed by atoms with Crippen LogP contribution >= 0.6 is 23.2 Å². The molecule has 34 heavy (non-hydrogen) atoms. The quantitative estimate of drug-likeness (QED) is 0.535. The van der Waals surface area contributed by atoms with Crippen molar-refractivity contribution in [3.63, 3.8) is 0 Å². The smallest absolute Gasteiger partial charge is 0.383 e. The molecular weight excluding hydrogens is 496 g/mol. The number of alkyl halides is 3. The van der Waals surface area contributed by atoms with E-state index in [0.29, 0.717) is 17.1 Å². The minimum absolute atomic E-state index is 0.114. The SMILES string of the molecule is COCCN(CC1CN(C(=O)c2ccc(Cl)c(Cl)c2)CCO1)C(=O)c1ccc(C(F)(F)F)cc1. The normalized spacial score (nSPS) is 16.4. The van der Waals surface area contributed by atoms with Gasteiger partial charge in [0.05, 0.1) is 34.9 Å². The number of carbonyl (C=O) groups excluding carboxylic acids is 2. The van der Waals surface area contributed by atoms with E-state index in [9.17, 15) is 22.8 Å². The second kappa shape index (κ2) is 11.4. The van der Waals surface area contributed by atoms with Crippen molar-refractivity contribution in [3.05, 3.63) is 69.2 Å². The van der Waals surface area contributed by atoms with Gasteiger partial charge >= 0.3 is 6.18 Å². The number of hydrogen-bond acceptors (Lipinski definition) is 4. The van der Waals surface area contributed by atoms with Crippen LogP contribution in [0, 0.1) is 0 Å². The molecule has 184 valence electrons. The summed E-state index contributed by atoms with van der Waals surface area (Å²) in [5, 5.41) is 0.610. The Hall–Kier alpha value is -2.33. The molecule has 0 bridgehead atoms. The van der Waals surface area contributed by atoms with E-state index in [4.69, 9.17) is 32.7 Å². The summed E-state index contributed by atoms with van der Waals surface area (Å²) in [5.41, 5.74) is -0.338. The predicted octanol–water partition coefficient (Wildman–Crippen LogP) is 4.64. The number of halogens is 5. The highest BCUT2D eigenvalue weighted by Crippen LogP contribution is 2.29. The predicted molar refractivity (Wildman–Crippen MR) is 121 cm³/mol. The lowest BCUT2D eigenvalue weighted by Crippen LogP contribution is -2.51. The zero-order chi connectivity index (χ0) is 24.9. The van der Waals surface area contributed by atoms with Crippen LogP contribution in [0.5, 0.6) is 0 Å². The Kier molecular flexibility index (Phi) is 8.81. The zero-order valence-electron chi connectivity index (χ0n) is 18.3. The third-order valence-electron chi connectivity index (χ3n) is 5.33. The third kappa shape index (κ3) is 6.63. The van der Waals surface area contributed by atoms with E-state index >= 15 is 0 Å². The molecule has 2 aromatic carbocycles. The highest BCUT2D eigenvalue weighted by atomic mass is 35.5. The maximum Gasteiger partial charge on any atom is 0.416 e. The van der Waals surface area contributed by atoms with E-state index in [1.165, 1.54) is 18.1 Å². The van der Waals surface area contributed by atoms with Crippen molar-refractivity contribution in [1.82, 2.24) is 9.80 Å². The van der Waals surface area contributed by atoms with Crippen molar-refractivity contribution >= 4 is 35.0 Å². The summed E-state index contributed by atoms with van der Waals surface area (Å²) in [6.45, 7) is 1.42. The van der Waals surface area contributed by atoms with Crippen molar-refractivity contribution in [3.8, 4) is 0 Å². The fourth-order valence-electron chi connectivity index (χ4n) is 3.53. The first kappa shape index (κ1) is 26.3. The van der Waals surface area contributed by atoms with E-state index in [2.05, 4.69) is 0 Å². The van der Waals surface area contributed by atoms with Crippen LogP contribution in [0.15, 0.2) is 42.5 Å². The van der Waals surface area contributed by atoms with Gasteiger partial charge in [-0.3, -0.25) is 9.59 Å². The second-order valence-corrected chi connectivity index (χ2v) is 8.51. The average molecular weight is 519 g/mol. The molecule has 0 spiro atoms. The maximum absolute atomic E-state index is 13.0. The van der Waals surface area contributed by atoms with E-state index in [-0.39, 0.29) is 49.3 Å². The lowest BCUT2D eigenvalue weighted by molar-refractivity contribution is -0.137. The van der Waals surface area contributed by atoms with Gasteiger partial charge < -0.3 is 19.3 Å². The van der Waals surface area contributed by atoms with Crippen molar-refractivity contribution in [2.75, 3.05) is 46.5 Å². The summed E-state index contributed by atoms with van der Waals surface area (Å²) in [5.74, 6) is -0.702. The number of benzene rings is 2. The van der Waals surface area contributed by atoms with Gasteiger partial charge in [0.15, 0.2) is 0 Å². The number of carbonyl (C=O) groups is 2. The van der Waals surface area contributed by atoms with Crippen molar-refractivity contribution in [1.29, 1.82) is 0 Å². The molecule has 2 aromatic rings. The van der Waals surface area contributed by atoms with Gasteiger partial charge in [-0.2, -0.15) is 13.2 Å². The van der Waals surface area contributed by atoms with Gasteiger partial charge in [0.1, 0.15) is 0 Å². The molecule has 0 radical (unpaired) electrons. The van der Waals surface area contributed by atoms with Crippen molar-refractivity contribution in [2.24, 2.45) is 0 Å². The highest BCUT2D eigenvalue weighted by molar-refractivity contribution is 6.42. The molecule has 0 N–H and O–H groups in total. The Morgan fingerprint density at radius 1 is 1.12 bits per heavy atom. The van der Waals surface area contributed by atoms with E-state index < -0.39 is 23.8 Å². The first-order chi connectivity index (χ1) is 16.1. The molecule has 11 heteroatoms. The fraction of sp³-hybridized carbons (Fsp3) is 0.391. The Labute approximate surface area is 205 Å². The molecule has 1 aliphatic heterocycles. The Morgan fingerprint density at radius 3 is 2.41 bits per heavy atom. The molecule has 1 heterocycles. The molecule has 1 atom stereocenters. The Morgan fingerprint density at radius 2 is 1.79 bits per heavy atom. The minimum Gasteiger partial charge on any atom is -0.383 e. The zero-order valence-corrected chi connectivity index (χ0v) is 19.8. The standard InChI is InChI=1S/C23H23Cl2F3N2O4/c1-33-10-8-29(21(31)15-2-5-17(6-3-15)23(26,27)28)13-18-14-30(9-11-34-18)22(32)16-4-7-19(24)20(25)12-16/h2-7,12,18H,8-11,13-14H2,1H3. The molecule has 0 saturated carbocycles. The van der Waals surface area contributed by atoms with Crippen LogP contribution in [0.3, 0.4) is 0 Å². The topological polar surface area (TPSA) is 59.1 Å². The molecule has 1 unspecified atom stereocenters. The van der Waals surface area contributed by atoms with Crippen LogP contribution in [-0.2, 0) is 15.7 Å². The summed E-state index contributed by atoms with van der Waals surface area (Å²) in [7, 11) is 1.48. The van der Waals surface area contributed by atoms with E-state index in [0.717, 1.165) is 24.3 Å². The maximum atomic E-state index is 13.0. The third-order valence-corrected chi connectivity index (χ3v) is 6.07. The van der Waals surface area contributed by atoms with Crippen LogP contribution in [0.1, 0.15) is 26.3 Å². The van der Waals surface area contributed by atoms with Gasteiger partial charge in [-0.15, -0.1) is 0 Å². The number of amides is 2. The van der Waals surface area contributed by atoms with Crippen LogP contribution in [0.25, 0.3) is 0 Å². The Bertz CT molecular complexity index is 1020. The molecule has 1 saturated heterocycles. The van der Waals surface area contributed by atoms with E-state index in [1.807, 2.05) is 0 Å². The highest BCUT2D eigenvalue weighted by Gasteiger charge is 2.31. The monoisotopic (exact) mass is 518 g/mol. The van der Waals surface area contributed by atoms with Gasteiger partial charge in [0.2, 0.25) is 0 Å². The molecule has 3 rings (SSSR count). The van der Waals surface area contributed by atoms with Crippen LogP contribution < -0.4 is 0 Å². The number of rotatable bonds is 7. The van der Waals surface area contributed by atoms with Gasteiger partial charge in [-0.05, 0) is 42.5 Å². The van der Waals surface area contributed by atoms with Crippen LogP contribution in [0.4, 0.5) is 13.2 Å². The molecule has 6 nitrogen and oxygen atoms in total. The first-order valence-corrected chi connectivity index (χ1v) is 11.2. The van der Waals surface area contributed by atoms with Crippen LogP contribution in [0.2, 0.25) is 10.0 Å². The average Bonchev–Trinajstić information content (AvgIpc) is 2.82. The molecule has 0 aromatic heterocycles. The van der Waals surface area contributed by atoms with Gasteiger partial charge in [-0.25, -0.2) is 0 Å². The molecule has 1 fully saturated rings. The number of hydrogen-bond donors (Lipinski definition) is 0. The summed E-state index contributed by atoms with van der Waals surface area (Å²) in [6, 6.07) is 8.66. The largest absolute Gasteiger partial charge is 0.416 e. The summed E-state index contributed by atoms with van der Waals surface area (Å²) >= 11 is 11.9. The first-order valence-electron chi connectivity index (χ1n) is 10.4. The molecule has 1 aliphatic rings. The number of morpholine rings is 1. The van der Waals surface area contributed by atoms with Crippen LogP contribution in [-0.4, -0.2) is 74.2 Å². The van der Waals surface area contributed by atoms with E-state index in [1.54, 1.807) is 17.0 Å². The summed E-state index contributed by atoms with van der Waals surface area (Å²) in [4.78, 5) is 29.0. The lowest BCUT2D eigenvalue weighted by atomic mass is 10.1. The minimum atomic E-state index is -4.49. The second-order valence-electron chi connectivity index (χ2n) is 7.69. The van der Waals surface area contributed by atoms with Crippen molar-refractivity contribution in [2.45, 2.75) is 12.3 Å². The number of nitrogens with zero attached hydrogens (tertiary/aromatic N) is 2. The molecule has 0 aliphatic carbocycles. The fourth-order valence-corrected chi connectivity index (χ4v) is 3.83. The molecule has 2 amide bonds. The number of ether oxygens (including phenoxy) is 2. The molecular formula is C23H23Cl2F3N2O4. The van der Waals surface area contributed by atoms with Crippen molar-refractivity contribution < 1.29 is 32.2 Å². The summed E-state index contributed by atoms with van der Waals surface area (Å²) in [6.07, 6.45) is -4.98. The lowest BCUT2D eigenvalue weighted by Gasteiger charge is -2.36. The summed E-state index contributed by atoms with van der Waals surface area (Å²) < 4.78 is 49.4. The van der Waals surface area contributed by atoms with Gasteiger partial charge in [-0.1, -0.05) is 23.2 Å². The number of methoxy groups -OCH3 is 1. The van der Waals surface area contributed by atoms with Gasteiger partial charge in [0.25, 0.3) is 11.8 Å². The van der Waals surface area contributed by atoms with Gasteiger partial charge in [0, 0.05) is 44.4 Å². The Balaban J connectivity index is 1.70.